The molecule has 3 aromatic rings. The molecule has 2 heteroatoms. The van der Waals surface area contributed by atoms with E-state index in [1.165, 1.54) is 10.9 Å². The number of aromatic nitrogens is 1. The van der Waals surface area contributed by atoms with Gasteiger partial charge in [0.15, 0.2) is 0 Å². The van der Waals surface area contributed by atoms with Gasteiger partial charge in [-0.3, -0.25) is 0 Å². The van der Waals surface area contributed by atoms with Crippen molar-refractivity contribution in [1.82, 2.24) is 4.98 Å². The second-order valence-electron chi connectivity index (χ2n) is 4.57. The van der Waals surface area contributed by atoms with E-state index < -0.39 is 0 Å². The van der Waals surface area contributed by atoms with Gasteiger partial charge >= 0.3 is 0 Å². The van der Waals surface area contributed by atoms with Crippen LogP contribution in [0.5, 0.6) is 5.75 Å². The summed E-state index contributed by atoms with van der Waals surface area (Å²) >= 11 is 0. The molecule has 0 aliphatic carbocycles. The van der Waals surface area contributed by atoms with E-state index in [0.717, 1.165) is 22.5 Å². The van der Waals surface area contributed by atoms with Crippen LogP contribution in [0.3, 0.4) is 0 Å². The molecule has 0 saturated heterocycles. The molecule has 0 fully saturated rings. The molecule has 0 aliphatic heterocycles. The van der Waals surface area contributed by atoms with Gasteiger partial charge in [0.25, 0.3) is 0 Å². The van der Waals surface area contributed by atoms with Crippen molar-refractivity contribution in [1.29, 1.82) is 0 Å². The Kier molecular flexibility index (Phi) is 2.92. The molecular weight excluding hydrogens is 234 g/mol. The first-order chi connectivity index (χ1) is 9.28. The Balaban J connectivity index is 2.23. The second kappa shape index (κ2) is 4.73. The van der Waals surface area contributed by atoms with Crippen molar-refractivity contribution in [2.24, 2.45) is 0 Å². The lowest BCUT2D eigenvalue weighted by Crippen LogP contribution is -1.90. The van der Waals surface area contributed by atoms with Gasteiger partial charge < -0.3 is 4.74 Å². The molecule has 19 heavy (non-hydrogen) atoms. The Morgan fingerprint density at radius 2 is 1.74 bits per heavy atom. The Morgan fingerprint density at radius 1 is 0.947 bits per heavy atom. The van der Waals surface area contributed by atoms with E-state index in [-0.39, 0.29) is 0 Å². The van der Waals surface area contributed by atoms with Crippen molar-refractivity contribution in [3.8, 4) is 17.0 Å². The van der Waals surface area contributed by atoms with Crippen molar-refractivity contribution < 1.29 is 4.74 Å². The molecule has 0 radical (unpaired) electrons. The van der Waals surface area contributed by atoms with E-state index in [1.807, 2.05) is 30.3 Å². The summed E-state index contributed by atoms with van der Waals surface area (Å²) in [5, 5.41) is 1.17. The molecule has 0 saturated carbocycles. The van der Waals surface area contributed by atoms with E-state index in [0.29, 0.717) is 0 Å². The lowest BCUT2D eigenvalue weighted by atomic mass is 10.1. The maximum Gasteiger partial charge on any atom is 0.121 e. The van der Waals surface area contributed by atoms with Crippen LogP contribution >= 0.6 is 0 Å². The van der Waals surface area contributed by atoms with Crippen LogP contribution in [0.15, 0.2) is 54.6 Å². The topological polar surface area (TPSA) is 22.1 Å². The zero-order chi connectivity index (χ0) is 13.2. The highest BCUT2D eigenvalue weighted by Crippen LogP contribution is 2.26. The first-order valence-corrected chi connectivity index (χ1v) is 6.29. The first-order valence-electron chi connectivity index (χ1n) is 6.29. The number of aryl methyl sites for hydroxylation is 1. The Hall–Kier alpha value is -2.35. The molecule has 3 rings (SSSR count). The van der Waals surface area contributed by atoms with Crippen molar-refractivity contribution in [3.05, 3.63) is 60.2 Å². The molecular formula is C17H15NO. The smallest absolute Gasteiger partial charge is 0.121 e. The largest absolute Gasteiger partial charge is 0.497 e. The molecule has 0 amide bonds. The molecule has 0 unspecified atom stereocenters. The maximum absolute atomic E-state index is 5.27. The fourth-order valence-electron chi connectivity index (χ4n) is 2.27. The fraction of sp³-hybridized carbons (Fsp3) is 0.118. The van der Waals surface area contributed by atoms with E-state index >= 15 is 0 Å². The first kappa shape index (κ1) is 11.7. The Morgan fingerprint density at radius 3 is 2.47 bits per heavy atom. The molecule has 0 N–H and O–H groups in total. The molecule has 0 atom stereocenters. The Bertz CT molecular complexity index is 720. The molecule has 0 bridgehead atoms. The van der Waals surface area contributed by atoms with Gasteiger partial charge in [-0.2, -0.15) is 0 Å². The predicted molar refractivity (Wildman–Crippen MR) is 78.5 cm³/mol. The lowest BCUT2D eigenvalue weighted by Gasteiger charge is -2.08. The number of nitrogens with zero attached hydrogens (tertiary/aromatic N) is 1. The van der Waals surface area contributed by atoms with Crippen LogP contribution in [-0.4, -0.2) is 12.1 Å². The third-order valence-electron chi connectivity index (χ3n) is 3.29. The highest BCUT2D eigenvalue weighted by molar-refractivity contribution is 5.86. The van der Waals surface area contributed by atoms with E-state index in [2.05, 4.69) is 31.2 Å². The van der Waals surface area contributed by atoms with Gasteiger partial charge in [0.05, 0.1) is 18.3 Å². The summed E-state index contributed by atoms with van der Waals surface area (Å²) in [7, 11) is 1.68. The van der Waals surface area contributed by atoms with Crippen LogP contribution in [-0.2, 0) is 0 Å². The van der Waals surface area contributed by atoms with Gasteiger partial charge in [0.2, 0.25) is 0 Å². The zero-order valence-electron chi connectivity index (χ0n) is 11.1. The standard InChI is InChI=1S/C17H15NO/c1-12-10-16(13-6-4-3-5-7-13)18-17-11-14(19-2)8-9-15(12)17/h3-11H,1-2H3. The van der Waals surface area contributed by atoms with E-state index in [4.69, 9.17) is 9.72 Å². The fourth-order valence-corrected chi connectivity index (χ4v) is 2.27. The zero-order valence-corrected chi connectivity index (χ0v) is 11.1. The number of benzene rings is 2. The minimum Gasteiger partial charge on any atom is -0.497 e. The quantitative estimate of drug-likeness (QED) is 0.678. The second-order valence-corrected chi connectivity index (χ2v) is 4.57. The summed E-state index contributed by atoms with van der Waals surface area (Å²) < 4.78 is 5.27. The molecule has 1 aromatic heterocycles. The van der Waals surface area contributed by atoms with Gasteiger partial charge in [0.1, 0.15) is 5.75 Å². The summed E-state index contributed by atoms with van der Waals surface area (Å²) in [5.74, 6) is 0.838. The van der Waals surface area contributed by atoms with Crippen LogP contribution in [0.1, 0.15) is 5.56 Å². The van der Waals surface area contributed by atoms with Crippen LogP contribution in [0, 0.1) is 6.92 Å². The average Bonchev–Trinajstić information content (AvgIpc) is 2.47. The number of ether oxygens (including phenoxy) is 1. The lowest BCUT2D eigenvalue weighted by molar-refractivity contribution is 0.415. The van der Waals surface area contributed by atoms with Crippen LogP contribution < -0.4 is 4.74 Å². The van der Waals surface area contributed by atoms with Gasteiger partial charge in [0, 0.05) is 17.0 Å². The number of hydrogen-bond acceptors (Lipinski definition) is 2. The van der Waals surface area contributed by atoms with Gasteiger partial charge in [-0.15, -0.1) is 0 Å². The molecule has 0 spiro atoms. The number of fused-ring (bicyclic) bond motifs is 1. The SMILES string of the molecule is COc1ccc2c(C)cc(-c3ccccc3)nc2c1. The molecule has 2 aromatic carbocycles. The van der Waals surface area contributed by atoms with Crippen LogP contribution in [0.2, 0.25) is 0 Å². The van der Waals surface area contributed by atoms with Crippen molar-refractivity contribution in [2.75, 3.05) is 7.11 Å². The number of pyridine rings is 1. The number of methoxy groups -OCH3 is 1. The third kappa shape index (κ3) is 2.17. The third-order valence-corrected chi connectivity index (χ3v) is 3.29. The summed E-state index contributed by atoms with van der Waals surface area (Å²) in [5.41, 5.74) is 4.33. The summed E-state index contributed by atoms with van der Waals surface area (Å²) in [4.78, 5) is 4.73. The minimum atomic E-state index is 0.838. The van der Waals surface area contributed by atoms with Crippen LogP contribution in [0.4, 0.5) is 0 Å². The molecule has 1 heterocycles. The summed E-state index contributed by atoms with van der Waals surface area (Å²) in [6.45, 7) is 2.11. The van der Waals surface area contributed by atoms with Crippen molar-refractivity contribution >= 4 is 10.9 Å². The predicted octanol–water partition coefficient (Wildman–Crippen LogP) is 4.22. The van der Waals surface area contributed by atoms with E-state index in [1.54, 1.807) is 7.11 Å². The van der Waals surface area contributed by atoms with Gasteiger partial charge in [-0.1, -0.05) is 30.3 Å². The van der Waals surface area contributed by atoms with Gasteiger partial charge in [-0.25, -0.2) is 4.98 Å². The summed E-state index contributed by atoms with van der Waals surface area (Å²) in [6.07, 6.45) is 0. The van der Waals surface area contributed by atoms with E-state index in [9.17, 15) is 0 Å². The summed E-state index contributed by atoms with van der Waals surface area (Å²) in [6, 6.07) is 18.4. The molecule has 94 valence electrons. The molecule has 2 nitrogen and oxygen atoms in total. The number of hydrogen-bond donors (Lipinski definition) is 0. The maximum atomic E-state index is 5.27. The normalized spacial score (nSPS) is 10.6. The van der Waals surface area contributed by atoms with Crippen molar-refractivity contribution in [3.63, 3.8) is 0 Å². The molecule has 0 aliphatic rings. The van der Waals surface area contributed by atoms with Crippen molar-refractivity contribution in [2.45, 2.75) is 6.92 Å². The van der Waals surface area contributed by atoms with Gasteiger partial charge in [-0.05, 0) is 30.7 Å². The highest BCUT2D eigenvalue weighted by atomic mass is 16.5. The average molecular weight is 249 g/mol. The number of rotatable bonds is 2. The Labute approximate surface area is 112 Å². The van der Waals surface area contributed by atoms with Crippen LogP contribution in [0.25, 0.3) is 22.2 Å². The highest BCUT2D eigenvalue weighted by Gasteiger charge is 2.05. The minimum absolute atomic E-state index is 0.838. The monoisotopic (exact) mass is 249 g/mol.